The molecular formula is C7H12O. The Morgan fingerprint density at radius 1 is 1.62 bits per heavy atom. The molecule has 1 saturated carbocycles. The molecule has 1 heteroatoms. The topological polar surface area (TPSA) is 20.2 Å². The molecular weight excluding hydrogens is 100 g/mol. The van der Waals surface area contributed by atoms with Gasteiger partial charge in [-0.1, -0.05) is 6.58 Å². The lowest BCUT2D eigenvalue weighted by molar-refractivity contribution is 0.00315. The minimum atomic E-state index is -0.472. The average molecular weight is 112 g/mol. The van der Waals surface area contributed by atoms with Crippen molar-refractivity contribution in [3.63, 3.8) is 0 Å². The van der Waals surface area contributed by atoms with Crippen molar-refractivity contribution in [2.45, 2.75) is 31.8 Å². The van der Waals surface area contributed by atoms with Crippen LogP contribution in [0.3, 0.4) is 0 Å². The smallest absolute Gasteiger partial charge is 0.0851 e. The van der Waals surface area contributed by atoms with Crippen LogP contribution < -0.4 is 0 Å². The van der Waals surface area contributed by atoms with E-state index in [0.717, 1.165) is 24.8 Å². The number of hydrogen-bond donors (Lipinski definition) is 1. The SMILES string of the molecule is C=C(C)C1(O)CCC1. The number of aliphatic hydroxyl groups is 1. The van der Waals surface area contributed by atoms with Crippen molar-refractivity contribution >= 4 is 0 Å². The molecule has 1 N–H and O–H groups in total. The van der Waals surface area contributed by atoms with Crippen LogP contribution in [0.15, 0.2) is 12.2 Å². The van der Waals surface area contributed by atoms with E-state index < -0.39 is 5.60 Å². The van der Waals surface area contributed by atoms with Crippen molar-refractivity contribution in [1.82, 2.24) is 0 Å². The number of hydrogen-bond acceptors (Lipinski definition) is 1. The van der Waals surface area contributed by atoms with E-state index >= 15 is 0 Å². The first-order valence-corrected chi connectivity index (χ1v) is 3.03. The summed E-state index contributed by atoms with van der Waals surface area (Å²) >= 11 is 0. The minimum Gasteiger partial charge on any atom is -0.386 e. The summed E-state index contributed by atoms with van der Waals surface area (Å²) in [7, 11) is 0. The van der Waals surface area contributed by atoms with E-state index in [1.807, 2.05) is 6.92 Å². The summed E-state index contributed by atoms with van der Waals surface area (Å²) in [5.74, 6) is 0. The van der Waals surface area contributed by atoms with Gasteiger partial charge in [-0.15, -0.1) is 0 Å². The molecule has 1 aliphatic rings. The van der Waals surface area contributed by atoms with Gasteiger partial charge < -0.3 is 5.11 Å². The van der Waals surface area contributed by atoms with Gasteiger partial charge in [-0.2, -0.15) is 0 Å². The van der Waals surface area contributed by atoms with Gasteiger partial charge >= 0.3 is 0 Å². The standard InChI is InChI=1S/C7H12O/c1-6(2)7(8)4-3-5-7/h8H,1,3-5H2,2H3. The van der Waals surface area contributed by atoms with Crippen LogP contribution in [0.5, 0.6) is 0 Å². The second kappa shape index (κ2) is 1.59. The summed E-state index contributed by atoms with van der Waals surface area (Å²) in [6.07, 6.45) is 2.99. The zero-order chi connectivity index (χ0) is 6.20. The average Bonchev–Trinajstić information content (AvgIpc) is 1.60. The van der Waals surface area contributed by atoms with Gasteiger partial charge in [0.2, 0.25) is 0 Å². The summed E-state index contributed by atoms with van der Waals surface area (Å²) in [5.41, 5.74) is 0.448. The monoisotopic (exact) mass is 112 g/mol. The molecule has 0 saturated heterocycles. The molecule has 0 atom stereocenters. The van der Waals surface area contributed by atoms with Gasteiger partial charge in [-0.25, -0.2) is 0 Å². The fraction of sp³-hybridized carbons (Fsp3) is 0.714. The van der Waals surface area contributed by atoms with E-state index in [-0.39, 0.29) is 0 Å². The maximum Gasteiger partial charge on any atom is 0.0851 e. The minimum absolute atomic E-state index is 0.472. The van der Waals surface area contributed by atoms with E-state index in [4.69, 9.17) is 0 Å². The summed E-state index contributed by atoms with van der Waals surface area (Å²) in [6, 6.07) is 0. The molecule has 8 heavy (non-hydrogen) atoms. The molecule has 1 rings (SSSR count). The van der Waals surface area contributed by atoms with E-state index in [2.05, 4.69) is 6.58 Å². The molecule has 0 radical (unpaired) electrons. The van der Waals surface area contributed by atoms with Gasteiger partial charge in [-0.05, 0) is 31.8 Å². The predicted molar refractivity (Wildman–Crippen MR) is 33.6 cm³/mol. The Kier molecular flexibility index (Phi) is 1.16. The summed E-state index contributed by atoms with van der Waals surface area (Å²) in [4.78, 5) is 0. The van der Waals surface area contributed by atoms with Crippen LogP contribution in [-0.2, 0) is 0 Å². The van der Waals surface area contributed by atoms with Crippen molar-refractivity contribution in [3.05, 3.63) is 12.2 Å². The highest BCUT2D eigenvalue weighted by atomic mass is 16.3. The highest BCUT2D eigenvalue weighted by molar-refractivity contribution is 5.13. The fourth-order valence-electron chi connectivity index (χ4n) is 0.938. The second-order valence-corrected chi connectivity index (χ2v) is 2.67. The third-order valence-electron chi connectivity index (χ3n) is 1.98. The van der Waals surface area contributed by atoms with Crippen LogP contribution in [-0.4, -0.2) is 10.7 Å². The second-order valence-electron chi connectivity index (χ2n) is 2.67. The third kappa shape index (κ3) is 0.671. The molecule has 0 aliphatic heterocycles. The summed E-state index contributed by atoms with van der Waals surface area (Å²) < 4.78 is 0. The Balaban J connectivity index is 2.53. The Hall–Kier alpha value is -0.300. The molecule has 46 valence electrons. The van der Waals surface area contributed by atoms with Crippen LogP contribution in [0.1, 0.15) is 26.2 Å². The van der Waals surface area contributed by atoms with Crippen LogP contribution >= 0.6 is 0 Å². The van der Waals surface area contributed by atoms with Crippen LogP contribution in [0.2, 0.25) is 0 Å². The molecule has 0 aromatic rings. The first-order valence-electron chi connectivity index (χ1n) is 3.03. The number of rotatable bonds is 1. The van der Waals surface area contributed by atoms with Gasteiger partial charge in [-0.3, -0.25) is 0 Å². The molecule has 0 amide bonds. The first kappa shape index (κ1) is 5.83. The van der Waals surface area contributed by atoms with Gasteiger partial charge in [0.1, 0.15) is 0 Å². The normalized spacial score (nSPS) is 24.2. The molecule has 1 nitrogen and oxygen atoms in total. The lowest BCUT2D eigenvalue weighted by atomic mass is 9.76. The van der Waals surface area contributed by atoms with E-state index in [1.165, 1.54) is 0 Å². The fourth-order valence-corrected chi connectivity index (χ4v) is 0.938. The lowest BCUT2D eigenvalue weighted by Gasteiger charge is -2.37. The van der Waals surface area contributed by atoms with Gasteiger partial charge in [0.25, 0.3) is 0 Å². The first-order chi connectivity index (χ1) is 3.65. The highest BCUT2D eigenvalue weighted by Crippen LogP contribution is 2.36. The molecule has 0 aromatic carbocycles. The molecule has 0 spiro atoms. The quantitative estimate of drug-likeness (QED) is 0.509. The van der Waals surface area contributed by atoms with Crippen molar-refractivity contribution in [3.8, 4) is 0 Å². The maximum absolute atomic E-state index is 9.39. The summed E-state index contributed by atoms with van der Waals surface area (Å²) in [6.45, 7) is 5.59. The Bertz CT molecular complexity index is 112. The van der Waals surface area contributed by atoms with Gasteiger partial charge in [0, 0.05) is 0 Å². The predicted octanol–water partition coefficient (Wildman–Crippen LogP) is 1.48. The van der Waals surface area contributed by atoms with Crippen molar-refractivity contribution < 1.29 is 5.11 Å². The third-order valence-corrected chi connectivity index (χ3v) is 1.98. The van der Waals surface area contributed by atoms with Gasteiger partial charge in [0.15, 0.2) is 0 Å². The van der Waals surface area contributed by atoms with Crippen molar-refractivity contribution in [2.75, 3.05) is 0 Å². The molecule has 0 aromatic heterocycles. The van der Waals surface area contributed by atoms with E-state index in [0.29, 0.717) is 0 Å². The summed E-state index contributed by atoms with van der Waals surface area (Å²) in [5, 5.41) is 9.39. The van der Waals surface area contributed by atoms with E-state index in [9.17, 15) is 5.11 Å². The van der Waals surface area contributed by atoms with Gasteiger partial charge in [0.05, 0.1) is 5.60 Å². The van der Waals surface area contributed by atoms with Crippen LogP contribution in [0.25, 0.3) is 0 Å². The zero-order valence-corrected chi connectivity index (χ0v) is 5.28. The van der Waals surface area contributed by atoms with Crippen LogP contribution in [0.4, 0.5) is 0 Å². The Morgan fingerprint density at radius 2 is 2.12 bits per heavy atom. The lowest BCUT2D eigenvalue weighted by Crippen LogP contribution is -2.37. The highest BCUT2D eigenvalue weighted by Gasteiger charge is 2.34. The molecule has 0 unspecified atom stereocenters. The zero-order valence-electron chi connectivity index (χ0n) is 5.28. The molecule has 0 heterocycles. The van der Waals surface area contributed by atoms with E-state index in [1.54, 1.807) is 0 Å². The van der Waals surface area contributed by atoms with Crippen molar-refractivity contribution in [1.29, 1.82) is 0 Å². The molecule has 0 bridgehead atoms. The maximum atomic E-state index is 9.39. The Labute approximate surface area is 50.0 Å². The molecule has 1 aliphatic carbocycles. The molecule has 1 fully saturated rings. The Morgan fingerprint density at radius 3 is 2.12 bits per heavy atom. The van der Waals surface area contributed by atoms with Crippen LogP contribution in [0, 0.1) is 0 Å². The largest absolute Gasteiger partial charge is 0.386 e. The van der Waals surface area contributed by atoms with Crippen molar-refractivity contribution in [2.24, 2.45) is 0 Å².